The van der Waals surface area contributed by atoms with Gasteiger partial charge in [-0.15, -0.1) is 0 Å². The quantitative estimate of drug-likeness (QED) is 0.166. The van der Waals surface area contributed by atoms with E-state index in [1.165, 1.54) is 0 Å². The Labute approximate surface area is 294 Å². The van der Waals surface area contributed by atoms with Crippen LogP contribution in [0.3, 0.4) is 0 Å². The molecule has 0 aliphatic carbocycles. The maximum atomic E-state index is 12.9. The summed E-state index contributed by atoms with van der Waals surface area (Å²) in [5.74, 6) is -0.634. The Morgan fingerprint density at radius 2 is 1.08 bits per heavy atom. The van der Waals surface area contributed by atoms with E-state index in [4.69, 9.17) is 9.47 Å². The lowest BCUT2D eigenvalue weighted by Gasteiger charge is -2.47. The van der Waals surface area contributed by atoms with Crippen molar-refractivity contribution < 1.29 is 19.1 Å². The number of piperidine rings is 2. The summed E-state index contributed by atoms with van der Waals surface area (Å²) < 4.78 is 11.6. The van der Waals surface area contributed by atoms with E-state index in [-0.39, 0.29) is 69.5 Å². The molecule has 0 aromatic carbocycles. The molecular formula is C37H64N8O4. The fraction of sp³-hybridized carbons (Fsp3) is 0.811. The molecule has 2 aliphatic heterocycles. The van der Waals surface area contributed by atoms with Crippen LogP contribution in [0.5, 0.6) is 0 Å². The largest absolute Gasteiger partial charge is 0.458 e. The molecule has 12 nitrogen and oxygen atoms in total. The highest BCUT2D eigenvalue weighted by molar-refractivity contribution is 6.24. The van der Waals surface area contributed by atoms with Gasteiger partial charge in [0.15, 0.2) is 0 Å². The number of carbonyl (C=O) groups excluding carboxylic acids is 2. The molecule has 0 amide bonds. The Bertz CT molecular complexity index is 1270. The van der Waals surface area contributed by atoms with E-state index in [1.807, 2.05) is 13.8 Å². The Hall–Kier alpha value is -2.99. The first-order chi connectivity index (χ1) is 22.1. The first-order valence-corrected chi connectivity index (χ1v) is 17.7. The molecule has 0 spiro atoms. The van der Waals surface area contributed by atoms with Gasteiger partial charge in [0.2, 0.25) is 5.95 Å². The minimum Gasteiger partial charge on any atom is -0.458 e. The van der Waals surface area contributed by atoms with Crippen LogP contribution in [0.15, 0.2) is 9.98 Å². The minimum atomic E-state index is -0.587. The van der Waals surface area contributed by atoms with Gasteiger partial charge < -0.3 is 25.4 Å². The number of ether oxygens (including phenoxy) is 2. The third-order valence-corrected chi connectivity index (χ3v) is 8.98. The number of esters is 2. The van der Waals surface area contributed by atoms with Crippen LogP contribution in [0.25, 0.3) is 0 Å². The predicted octanol–water partition coefficient (Wildman–Crippen LogP) is 6.88. The zero-order chi connectivity index (χ0) is 37.2. The summed E-state index contributed by atoms with van der Waals surface area (Å²) in [6.45, 7) is 31.8. The molecule has 12 heteroatoms. The van der Waals surface area contributed by atoms with Gasteiger partial charge in [-0.3, -0.25) is 0 Å². The van der Waals surface area contributed by atoms with Gasteiger partial charge in [0.25, 0.3) is 11.9 Å². The Morgan fingerprint density at radius 3 is 1.41 bits per heavy atom. The number of rotatable bonds is 11. The minimum absolute atomic E-state index is 0.0318. The normalized spacial score (nSPS) is 22.5. The van der Waals surface area contributed by atoms with Gasteiger partial charge in [-0.1, -0.05) is 20.8 Å². The molecule has 2 unspecified atom stereocenters. The van der Waals surface area contributed by atoms with Crippen molar-refractivity contribution in [2.45, 2.75) is 176 Å². The molecule has 49 heavy (non-hydrogen) atoms. The summed E-state index contributed by atoms with van der Waals surface area (Å²) >= 11 is 0. The number of hydrogen-bond donors (Lipinski definition) is 3. The van der Waals surface area contributed by atoms with E-state index in [9.17, 15) is 9.59 Å². The van der Waals surface area contributed by atoms with Crippen LogP contribution in [0.2, 0.25) is 0 Å². The van der Waals surface area contributed by atoms with E-state index < -0.39 is 17.5 Å². The molecule has 3 heterocycles. The standard InChI is InChI=1S/C37H64N8O4/c1-23(25-16-33(6,7)44-34(8,9)17-25)48-27(46)20-38-29-40-30(42-31(41-29)43-37(14,15)22-32(3,4)5)39-21-28(47)49-24(2)26-18-35(10,11)45-36(12,13)19-26/h20-21,23-26,44-45H,16-19,22H2,1-15H3,(H,40,41,42,43)/b38-20+,39-21+. The van der Waals surface area contributed by atoms with Gasteiger partial charge in [0.1, 0.15) is 24.6 Å². The van der Waals surface area contributed by atoms with Gasteiger partial charge >= 0.3 is 11.9 Å². The molecule has 2 aliphatic rings. The molecule has 1 aromatic heterocycles. The second-order valence-electron chi connectivity index (χ2n) is 18.9. The number of nitrogens with zero attached hydrogens (tertiary/aromatic N) is 5. The van der Waals surface area contributed by atoms with Crippen LogP contribution in [-0.2, 0) is 19.1 Å². The number of hydrogen-bond acceptors (Lipinski definition) is 12. The van der Waals surface area contributed by atoms with Crippen molar-refractivity contribution in [2.24, 2.45) is 27.2 Å². The highest BCUT2D eigenvalue weighted by atomic mass is 16.5. The molecule has 2 fully saturated rings. The van der Waals surface area contributed by atoms with Crippen molar-refractivity contribution in [2.75, 3.05) is 5.32 Å². The van der Waals surface area contributed by atoms with Crippen molar-refractivity contribution in [3.05, 3.63) is 0 Å². The number of aromatic nitrogens is 3. The van der Waals surface area contributed by atoms with Gasteiger partial charge in [-0.2, -0.15) is 15.0 Å². The van der Waals surface area contributed by atoms with Crippen LogP contribution < -0.4 is 16.0 Å². The molecule has 2 atom stereocenters. The molecule has 3 rings (SSSR count). The van der Waals surface area contributed by atoms with Crippen LogP contribution in [0, 0.1) is 17.3 Å². The molecule has 3 N–H and O–H groups in total. The fourth-order valence-electron chi connectivity index (χ4n) is 8.50. The first kappa shape index (κ1) is 40.4. The van der Waals surface area contributed by atoms with Gasteiger partial charge in [-0.05, 0) is 132 Å². The van der Waals surface area contributed by atoms with Crippen molar-refractivity contribution in [3.8, 4) is 0 Å². The number of aliphatic imine (C=N–C) groups is 2. The molecule has 1 aromatic rings. The summed E-state index contributed by atoms with van der Waals surface area (Å²) in [5.41, 5.74) is -0.643. The summed E-state index contributed by atoms with van der Waals surface area (Å²) in [7, 11) is 0. The van der Waals surface area contributed by atoms with E-state index in [0.717, 1.165) is 44.5 Å². The Morgan fingerprint density at radius 1 is 0.735 bits per heavy atom. The molecule has 0 saturated carbocycles. The maximum absolute atomic E-state index is 12.9. The molecule has 0 bridgehead atoms. The molecular weight excluding hydrogens is 620 g/mol. The second-order valence-corrected chi connectivity index (χ2v) is 18.9. The summed E-state index contributed by atoms with van der Waals surface area (Å²) in [5, 5.41) is 10.7. The Kier molecular flexibility index (Phi) is 12.1. The molecule has 276 valence electrons. The Balaban J connectivity index is 1.78. The van der Waals surface area contributed by atoms with Crippen molar-refractivity contribution >= 4 is 42.2 Å². The van der Waals surface area contributed by atoms with Crippen LogP contribution in [0.1, 0.15) is 136 Å². The second kappa shape index (κ2) is 14.7. The van der Waals surface area contributed by atoms with E-state index in [2.05, 4.69) is 131 Å². The van der Waals surface area contributed by atoms with Crippen molar-refractivity contribution in [1.82, 2.24) is 25.6 Å². The SMILES string of the molecule is CC(OC(=O)/C=N/c1nc(/N=C/C(=O)OC(C)C2CC(C)(C)NC(C)(C)C2)nc(NC(C)(C)CC(C)(C)C)n1)C1CC(C)(C)NC(C)(C)C1. The van der Waals surface area contributed by atoms with Crippen molar-refractivity contribution in [1.29, 1.82) is 0 Å². The van der Waals surface area contributed by atoms with Crippen molar-refractivity contribution in [3.63, 3.8) is 0 Å². The molecule has 0 radical (unpaired) electrons. The van der Waals surface area contributed by atoms with E-state index in [0.29, 0.717) is 0 Å². The first-order valence-electron chi connectivity index (χ1n) is 17.7. The average Bonchev–Trinajstić information content (AvgIpc) is 2.85. The third-order valence-electron chi connectivity index (χ3n) is 8.98. The smallest absolute Gasteiger partial charge is 0.349 e. The monoisotopic (exact) mass is 685 g/mol. The lowest BCUT2D eigenvalue weighted by atomic mass is 9.74. The van der Waals surface area contributed by atoms with Gasteiger partial charge in [0, 0.05) is 27.7 Å². The van der Waals surface area contributed by atoms with E-state index in [1.54, 1.807) is 0 Å². The number of carbonyl (C=O) groups is 2. The lowest BCUT2D eigenvalue weighted by molar-refractivity contribution is -0.144. The lowest BCUT2D eigenvalue weighted by Crippen LogP contribution is -2.59. The highest BCUT2D eigenvalue weighted by Gasteiger charge is 2.41. The summed E-state index contributed by atoms with van der Waals surface area (Å²) in [6, 6.07) is 0. The summed E-state index contributed by atoms with van der Waals surface area (Å²) in [4.78, 5) is 47.5. The van der Waals surface area contributed by atoms with Gasteiger partial charge in [-0.25, -0.2) is 19.6 Å². The highest BCUT2D eigenvalue weighted by Crippen LogP contribution is 2.37. The fourth-order valence-corrected chi connectivity index (χ4v) is 8.50. The predicted molar refractivity (Wildman–Crippen MR) is 197 cm³/mol. The number of anilines is 1. The number of nitrogens with one attached hydrogen (secondary N) is 3. The van der Waals surface area contributed by atoms with Gasteiger partial charge in [0.05, 0.1) is 0 Å². The zero-order valence-corrected chi connectivity index (χ0v) is 32.9. The van der Waals surface area contributed by atoms with Crippen LogP contribution >= 0.6 is 0 Å². The third kappa shape index (κ3) is 13.7. The van der Waals surface area contributed by atoms with E-state index >= 15 is 0 Å². The average molecular weight is 685 g/mol. The van der Waals surface area contributed by atoms with Crippen LogP contribution in [0.4, 0.5) is 17.8 Å². The topological polar surface area (TPSA) is 152 Å². The summed E-state index contributed by atoms with van der Waals surface area (Å²) in [6.07, 6.45) is 5.89. The van der Waals surface area contributed by atoms with Crippen LogP contribution in [-0.4, -0.2) is 79.2 Å². The zero-order valence-electron chi connectivity index (χ0n) is 32.9. The molecule has 2 saturated heterocycles. The maximum Gasteiger partial charge on any atom is 0.349 e.